The van der Waals surface area contributed by atoms with Gasteiger partial charge in [0.15, 0.2) is 0 Å². The van der Waals surface area contributed by atoms with Gasteiger partial charge in [-0.1, -0.05) is 6.58 Å². The maximum atomic E-state index is 11.6. The van der Waals surface area contributed by atoms with Crippen LogP contribution in [0.3, 0.4) is 0 Å². The van der Waals surface area contributed by atoms with Gasteiger partial charge < -0.3 is 9.64 Å². The first-order chi connectivity index (χ1) is 7.65. The maximum absolute atomic E-state index is 11.6. The minimum atomic E-state index is -0.211. The Morgan fingerprint density at radius 2 is 2.00 bits per heavy atom. The second kappa shape index (κ2) is 6.45. The molecule has 0 atom stereocenters. The standard InChI is InChI=1S/C12H20N2O2/c1-4-11(5-2)16-12(15)10-14-8-6-13(3)7-9-14/h4-5H,1,6-10H2,2-3H3/b11-5+. The van der Waals surface area contributed by atoms with Crippen LogP contribution in [-0.2, 0) is 9.53 Å². The predicted molar refractivity (Wildman–Crippen MR) is 64.0 cm³/mol. The normalized spacial score (nSPS) is 19.5. The molecule has 0 spiro atoms. The molecule has 0 unspecified atom stereocenters. The van der Waals surface area contributed by atoms with Crippen molar-refractivity contribution in [3.05, 3.63) is 24.5 Å². The first kappa shape index (κ1) is 12.9. The molecule has 90 valence electrons. The average molecular weight is 224 g/mol. The van der Waals surface area contributed by atoms with E-state index in [9.17, 15) is 4.79 Å². The zero-order chi connectivity index (χ0) is 12.0. The summed E-state index contributed by atoms with van der Waals surface area (Å²) < 4.78 is 5.13. The summed E-state index contributed by atoms with van der Waals surface area (Å²) in [5, 5.41) is 0. The number of carbonyl (C=O) groups excluding carboxylic acids is 1. The molecule has 4 nitrogen and oxygen atoms in total. The SMILES string of the molecule is C=C/C(=C\C)OC(=O)CN1CCN(C)CC1. The van der Waals surface area contributed by atoms with Crippen LogP contribution >= 0.6 is 0 Å². The molecule has 1 rings (SSSR count). The van der Waals surface area contributed by atoms with Crippen molar-refractivity contribution in [2.75, 3.05) is 39.8 Å². The molecule has 1 heterocycles. The molecule has 0 bridgehead atoms. The summed E-state index contributed by atoms with van der Waals surface area (Å²) in [6, 6.07) is 0. The zero-order valence-electron chi connectivity index (χ0n) is 10.1. The Morgan fingerprint density at radius 3 is 2.50 bits per heavy atom. The number of hydrogen-bond acceptors (Lipinski definition) is 4. The predicted octanol–water partition coefficient (Wildman–Crippen LogP) is 0.867. The van der Waals surface area contributed by atoms with E-state index in [0.29, 0.717) is 12.3 Å². The second-order valence-corrected chi connectivity index (χ2v) is 3.95. The van der Waals surface area contributed by atoms with E-state index in [1.54, 1.807) is 12.2 Å². The van der Waals surface area contributed by atoms with Gasteiger partial charge in [0.2, 0.25) is 0 Å². The van der Waals surface area contributed by atoms with Crippen LogP contribution in [0.25, 0.3) is 0 Å². The lowest BCUT2D eigenvalue weighted by molar-refractivity contribution is -0.140. The summed E-state index contributed by atoms with van der Waals surface area (Å²) in [6.07, 6.45) is 3.27. The van der Waals surface area contributed by atoms with Crippen LogP contribution < -0.4 is 0 Å². The van der Waals surface area contributed by atoms with Gasteiger partial charge in [0, 0.05) is 26.2 Å². The van der Waals surface area contributed by atoms with E-state index in [1.807, 2.05) is 6.92 Å². The van der Waals surface area contributed by atoms with Gasteiger partial charge in [0.05, 0.1) is 6.54 Å². The fraction of sp³-hybridized carbons (Fsp3) is 0.583. The van der Waals surface area contributed by atoms with Gasteiger partial charge in [-0.15, -0.1) is 0 Å². The maximum Gasteiger partial charge on any atom is 0.325 e. The topological polar surface area (TPSA) is 32.8 Å². The van der Waals surface area contributed by atoms with Gasteiger partial charge in [-0.05, 0) is 26.1 Å². The Balaban J connectivity index is 2.31. The summed E-state index contributed by atoms with van der Waals surface area (Å²) in [7, 11) is 2.09. The summed E-state index contributed by atoms with van der Waals surface area (Å²) in [4.78, 5) is 15.9. The Hall–Kier alpha value is -1.13. The molecule has 0 aromatic rings. The van der Waals surface area contributed by atoms with Crippen LogP contribution in [0.4, 0.5) is 0 Å². The first-order valence-corrected chi connectivity index (χ1v) is 5.56. The number of piperazine rings is 1. The van der Waals surface area contributed by atoms with Crippen molar-refractivity contribution < 1.29 is 9.53 Å². The van der Waals surface area contributed by atoms with E-state index in [4.69, 9.17) is 4.74 Å². The number of nitrogens with zero attached hydrogens (tertiary/aromatic N) is 2. The van der Waals surface area contributed by atoms with Crippen LogP contribution in [0.1, 0.15) is 6.92 Å². The second-order valence-electron chi connectivity index (χ2n) is 3.95. The molecule has 0 N–H and O–H groups in total. The van der Waals surface area contributed by atoms with E-state index in [2.05, 4.69) is 23.4 Å². The molecule has 1 aliphatic rings. The lowest BCUT2D eigenvalue weighted by atomic mass is 10.3. The minimum Gasteiger partial charge on any atom is -0.426 e. The van der Waals surface area contributed by atoms with Gasteiger partial charge in [-0.25, -0.2) is 0 Å². The van der Waals surface area contributed by atoms with Crippen LogP contribution in [0, 0.1) is 0 Å². The molecule has 1 fully saturated rings. The number of allylic oxidation sites excluding steroid dienone is 2. The molecule has 4 heteroatoms. The number of carbonyl (C=O) groups is 1. The smallest absolute Gasteiger partial charge is 0.325 e. The molecular formula is C12H20N2O2. The van der Waals surface area contributed by atoms with Gasteiger partial charge in [-0.2, -0.15) is 0 Å². The molecule has 0 saturated carbocycles. The van der Waals surface area contributed by atoms with Crippen LogP contribution in [0.5, 0.6) is 0 Å². The van der Waals surface area contributed by atoms with Gasteiger partial charge in [0.1, 0.15) is 5.76 Å². The summed E-state index contributed by atoms with van der Waals surface area (Å²) in [6.45, 7) is 9.61. The van der Waals surface area contributed by atoms with Crippen molar-refractivity contribution in [2.24, 2.45) is 0 Å². The minimum absolute atomic E-state index is 0.211. The van der Waals surface area contributed by atoms with Crippen LogP contribution in [-0.4, -0.2) is 55.5 Å². The van der Waals surface area contributed by atoms with Crippen LogP contribution in [0.2, 0.25) is 0 Å². The number of esters is 1. The third-order valence-corrected chi connectivity index (χ3v) is 2.67. The molecule has 0 amide bonds. The van der Waals surface area contributed by atoms with Gasteiger partial charge in [0.25, 0.3) is 0 Å². The molecular weight excluding hydrogens is 204 g/mol. The monoisotopic (exact) mass is 224 g/mol. The summed E-state index contributed by atoms with van der Waals surface area (Å²) in [5.41, 5.74) is 0. The Bertz CT molecular complexity index is 279. The highest BCUT2D eigenvalue weighted by Gasteiger charge is 2.17. The highest BCUT2D eigenvalue weighted by molar-refractivity contribution is 5.73. The highest BCUT2D eigenvalue weighted by Crippen LogP contribution is 2.02. The van der Waals surface area contributed by atoms with Gasteiger partial charge >= 0.3 is 5.97 Å². The number of likely N-dealkylation sites (N-methyl/N-ethyl adjacent to an activating group) is 1. The lowest BCUT2D eigenvalue weighted by Gasteiger charge is -2.31. The molecule has 0 aliphatic carbocycles. The average Bonchev–Trinajstić information content (AvgIpc) is 2.29. The Morgan fingerprint density at radius 1 is 1.38 bits per heavy atom. The zero-order valence-corrected chi connectivity index (χ0v) is 10.1. The molecule has 16 heavy (non-hydrogen) atoms. The quantitative estimate of drug-likeness (QED) is 0.403. The molecule has 0 aromatic heterocycles. The lowest BCUT2D eigenvalue weighted by Crippen LogP contribution is -2.46. The fourth-order valence-corrected chi connectivity index (χ4v) is 1.57. The van der Waals surface area contributed by atoms with Crippen molar-refractivity contribution in [1.29, 1.82) is 0 Å². The number of ether oxygens (including phenoxy) is 1. The van der Waals surface area contributed by atoms with E-state index in [-0.39, 0.29) is 5.97 Å². The van der Waals surface area contributed by atoms with Crippen molar-refractivity contribution in [1.82, 2.24) is 9.80 Å². The highest BCUT2D eigenvalue weighted by atomic mass is 16.5. The van der Waals surface area contributed by atoms with E-state index >= 15 is 0 Å². The van der Waals surface area contributed by atoms with Crippen molar-refractivity contribution in [3.63, 3.8) is 0 Å². The Kier molecular flexibility index (Phi) is 5.22. The molecule has 0 radical (unpaired) electrons. The van der Waals surface area contributed by atoms with E-state index in [0.717, 1.165) is 26.2 Å². The third kappa shape index (κ3) is 4.16. The summed E-state index contributed by atoms with van der Waals surface area (Å²) >= 11 is 0. The molecule has 1 saturated heterocycles. The van der Waals surface area contributed by atoms with Crippen molar-refractivity contribution in [3.8, 4) is 0 Å². The third-order valence-electron chi connectivity index (χ3n) is 2.67. The largest absolute Gasteiger partial charge is 0.426 e. The van der Waals surface area contributed by atoms with Crippen LogP contribution in [0.15, 0.2) is 24.5 Å². The molecule has 1 aliphatic heterocycles. The number of rotatable bonds is 4. The summed E-state index contributed by atoms with van der Waals surface area (Å²) in [5.74, 6) is 0.316. The van der Waals surface area contributed by atoms with E-state index in [1.165, 1.54) is 0 Å². The van der Waals surface area contributed by atoms with Gasteiger partial charge in [-0.3, -0.25) is 9.69 Å². The molecule has 0 aromatic carbocycles. The Labute approximate surface area is 97.2 Å². The fourth-order valence-electron chi connectivity index (χ4n) is 1.57. The first-order valence-electron chi connectivity index (χ1n) is 5.56. The number of hydrogen-bond donors (Lipinski definition) is 0. The van der Waals surface area contributed by atoms with E-state index < -0.39 is 0 Å². The van der Waals surface area contributed by atoms with Crippen molar-refractivity contribution in [2.45, 2.75) is 6.92 Å². The van der Waals surface area contributed by atoms with Crippen molar-refractivity contribution >= 4 is 5.97 Å².